The number of hydrogen-bond donors (Lipinski definition) is 5. The number of hydrogen-bond acceptors (Lipinski definition) is 13. The van der Waals surface area contributed by atoms with E-state index in [0.29, 0.717) is 32.2 Å². The number of aliphatic hydroxyl groups excluding tert-OH is 1. The summed E-state index contributed by atoms with van der Waals surface area (Å²) in [6.07, 6.45) is -3.54. The molecule has 3 saturated heterocycles. The summed E-state index contributed by atoms with van der Waals surface area (Å²) in [7, 11) is 5.26. The summed E-state index contributed by atoms with van der Waals surface area (Å²) in [5.41, 5.74) is -2.23. The zero-order chi connectivity index (χ0) is 39.1. The molecule has 0 saturated carbocycles. The number of rotatable bonds is 11. The lowest BCUT2D eigenvalue weighted by atomic mass is 9.78. The molecule has 2 amide bonds. The Hall–Kier alpha value is -2.40. The summed E-state index contributed by atoms with van der Waals surface area (Å²) in [5, 5.41) is 24.1. The van der Waals surface area contributed by atoms with Crippen molar-refractivity contribution in [3.8, 4) is 0 Å². The average molecular weight is 742 g/mol. The van der Waals surface area contributed by atoms with Gasteiger partial charge in [0.25, 0.3) is 0 Å². The molecular weight excluding hydrogens is 674 g/mol. The number of alkyl carbamates (subject to hydrolysis) is 1. The number of amides is 2. The van der Waals surface area contributed by atoms with E-state index >= 15 is 0 Å². The highest BCUT2D eigenvalue weighted by molar-refractivity contribution is 6.00. The van der Waals surface area contributed by atoms with E-state index in [2.05, 4.69) is 28.2 Å². The number of nitrogens with one attached hydrogen (secondary N) is 4. The number of carbonyl (C=O) groups is 4. The fraction of sp³-hybridized carbons (Fsp3) is 0.892. The zero-order valence-electron chi connectivity index (χ0n) is 33.4. The Bertz CT molecular complexity index is 1220. The van der Waals surface area contributed by atoms with Crippen molar-refractivity contribution in [2.24, 2.45) is 17.8 Å². The van der Waals surface area contributed by atoms with Gasteiger partial charge in [0.2, 0.25) is 5.91 Å². The van der Waals surface area contributed by atoms with Gasteiger partial charge in [0.15, 0.2) is 17.7 Å². The smallest absolute Gasteiger partial charge is 0.408 e. The van der Waals surface area contributed by atoms with Crippen molar-refractivity contribution >= 4 is 23.8 Å². The van der Waals surface area contributed by atoms with E-state index in [1.54, 1.807) is 14.0 Å². The van der Waals surface area contributed by atoms with Crippen molar-refractivity contribution in [2.45, 2.75) is 154 Å². The molecule has 5 N–H and O–H groups in total. The number of nitrogens with zero attached hydrogens (tertiary/aromatic N) is 1. The molecule has 52 heavy (non-hydrogen) atoms. The first-order valence-corrected chi connectivity index (χ1v) is 19.0. The number of methoxy groups -OCH3 is 1. The van der Waals surface area contributed by atoms with Crippen molar-refractivity contribution in [2.75, 3.05) is 40.8 Å². The molecule has 3 aliphatic rings. The largest absolute Gasteiger partial charge is 0.457 e. The number of Topliss-reactive ketones (excluding diaryl/α,β-unsaturated/α-hetero) is 1. The highest BCUT2D eigenvalue weighted by Crippen LogP contribution is 2.39. The predicted molar refractivity (Wildman–Crippen MR) is 194 cm³/mol. The molecule has 13 atom stereocenters. The van der Waals surface area contributed by atoms with Crippen LogP contribution < -0.4 is 21.3 Å². The Morgan fingerprint density at radius 3 is 2.38 bits per heavy atom. The maximum Gasteiger partial charge on any atom is 0.408 e. The number of ketones is 1. The normalized spacial score (nSPS) is 39.6. The van der Waals surface area contributed by atoms with E-state index in [0.717, 1.165) is 0 Å². The predicted octanol–water partition coefficient (Wildman–Crippen LogP) is 1.74. The van der Waals surface area contributed by atoms with Crippen LogP contribution in [0.25, 0.3) is 0 Å². The number of cyclic esters (lactones) is 1. The van der Waals surface area contributed by atoms with Gasteiger partial charge in [-0.05, 0) is 73.0 Å². The third-order valence-corrected chi connectivity index (χ3v) is 11.2. The van der Waals surface area contributed by atoms with Gasteiger partial charge < -0.3 is 55.0 Å². The lowest BCUT2D eigenvalue weighted by Crippen LogP contribution is -2.61. The van der Waals surface area contributed by atoms with Crippen molar-refractivity contribution in [3.05, 3.63) is 0 Å². The molecule has 0 aliphatic carbocycles. The van der Waals surface area contributed by atoms with Crippen LogP contribution in [0.5, 0.6) is 0 Å². The first-order valence-electron chi connectivity index (χ1n) is 19.0. The molecule has 0 aromatic carbocycles. The summed E-state index contributed by atoms with van der Waals surface area (Å²) in [5.74, 6) is -3.47. The Morgan fingerprint density at radius 2 is 1.81 bits per heavy atom. The van der Waals surface area contributed by atoms with Gasteiger partial charge in [-0.2, -0.15) is 0 Å². The van der Waals surface area contributed by atoms with Crippen molar-refractivity contribution in [1.82, 2.24) is 26.2 Å². The standard InChI is InChI=1S/C37H67N5O10/c1-13-27-37(14-2)31(41-35(47)52-37)24(8)39-17-21(5)16-36(9,48-12)32(22(6)29(44)23(7)33(46)50-27)51-34-30(45)26(42(10)11)15-25(49-34)18-40-28(43)19-38-20(3)4/h20-27,30-32,34,38-39,45H,13-19H2,1-12H3,(H,40,43)(H,41,47)/t21-,22+,23?,24-,25+,26?,27-,30?,31-,32-,34+,36-,37-/m1/s1. The molecule has 0 bridgehead atoms. The molecule has 300 valence electrons. The molecular formula is C37H67N5O10. The van der Waals surface area contributed by atoms with E-state index in [4.69, 9.17) is 23.7 Å². The number of carbonyl (C=O) groups excluding carboxylic acids is 4. The summed E-state index contributed by atoms with van der Waals surface area (Å²) in [4.78, 5) is 55.2. The van der Waals surface area contributed by atoms with Crippen molar-refractivity contribution < 1.29 is 48.0 Å². The van der Waals surface area contributed by atoms with E-state index in [1.165, 1.54) is 6.92 Å². The van der Waals surface area contributed by atoms with Crippen LogP contribution in [0, 0.1) is 17.8 Å². The van der Waals surface area contributed by atoms with E-state index < -0.39 is 77.6 Å². The zero-order valence-corrected chi connectivity index (χ0v) is 33.4. The van der Waals surface area contributed by atoms with Gasteiger partial charge in [-0.3, -0.25) is 14.4 Å². The second-order valence-corrected chi connectivity index (χ2v) is 15.9. The topological polar surface area (TPSA) is 186 Å². The first-order chi connectivity index (χ1) is 24.3. The molecule has 0 aromatic rings. The molecule has 0 spiro atoms. The maximum absolute atomic E-state index is 14.3. The number of ether oxygens (including phenoxy) is 5. The van der Waals surface area contributed by atoms with Crippen LogP contribution >= 0.6 is 0 Å². The molecule has 3 heterocycles. The summed E-state index contributed by atoms with van der Waals surface area (Å²) < 4.78 is 31.2. The highest BCUT2D eigenvalue weighted by atomic mass is 16.7. The Kier molecular flexibility index (Phi) is 15.9. The highest BCUT2D eigenvalue weighted by Gasteiger charge is 2.57. The summed E-state index contributed by atoms with van der Waals surface area (Å²) in [6.45, 7) is 17.6. The van der Waals surface area contributed by atoms with Crippen molar-refractivity contribution in [3.63, 3.8) is 0 Å². The minimum absolute atomic E-state index is 0.0219. The first kappa shape index (κ1) is 44.0. The van der Waals surface area contributed by atoms with E-state index in [9.17, 15) is 24.3 Å². The quantitative estimate of drug-likeness (QED) is 0.153. The SMILES string of the molecule is CC[C@H]1OC(=O)C(C)C(=O)[C@H](C)[C@@H](O[C@@H]2O[C@H](CNC(=O)CNC(C)C)CC(N(C)C)C2O)[C@](C)(OC)C[C@@H](C)CN[C@H](C)[C@H]2NC(=O)O[C@@]21CC. The molecule has 0 radical (unpaired) electrons. The van der Waals surface area contributed by atoms with Crippen molar-refractivity contribution in [1.29, 1.82) is 0 Å². The maximum atomic E-state index is 14.3. The fourth-order valence-corrected chi connectivity index (χ4v) is 8.06. The molecule has 3 fully saturated rings. The Balaban J connectivity index is 1.99. The van der Waals surface area contributed by atoms with Crippen LogP contribution in [0.15, 0.2) is 0 Å². The Labute approximate surface area is 310 Å². The summed E-state index contributed by atoms with van der Waals surface area (Å²) >= 11 is 0. The Morgan fingerprint density at radius 1 is 1.13 bits per heavy atom. The third kappa shape index (κ3) is 10.2. The minimum Gasteiger partial charge on any atom is -0.457 e. The molecule has 3 rings (SSSR count). The third-order valence-electron chi connectivity index (χ3n) is 11.2. The number of esters is 1. The van der Waals surface area contributed by atoms with Crippen LogP contribution in [0.2, 0.25) is 0 Å². The van der Waals surface area contributed by atoms with Gasteiger partial charge >= 0.3 is 12.1 Å². The number of likely N-dealkylation sites (N-methyl/N-ethyl adjacent to an activating group) is 1. The van der Waals surface area contributed by atoms with Gasteiger partial charge in [0.1, 0.15) is 18.1 Å². The minimum atomic E-state index is -1.19. The van der Waals surface area contributed by atoms with Crippen LogP contribution in [-0.2, 0) is 38.1 Å². The molecule has 3 unspecified atom stereocenters. The van der Waals surface area contributed by atoms with Gasteiger partial charge in [-0.1, -0.05) is 41.5 Å². The molecule has 0 aromatic heterocycles. The van der Waals surface area contributed by atoms with Crippen LogP contribution in [0.1, 0.15) is 88.0 Å². The average Bonchev–Trinajstić information content (AvgIpc) is 3.45. The van der Waals surface area contributed by atoms with Gasteiger partial charge in [-0.15, -0.1) is 0 Å². The molecule has 15 nitrogen and oxygen atoms in total. The monoisotopic (exact) mass is 741 g/mol. The van der Waals surface area contributed by atoms with E-state index in [1.807, 2.05) is 60.5 Å². The molecule has 15 heteroatoms. The van der Waals surface area contributed by atoms with E-state index in [-0.39, 0.29) is 43.0 Å². The van der Waals surface area contributed by atoms with Crippen LogP contribution in [-0.4, -0.2) is 141 Å². The van der Waals surface area contributed by atoms with Crippen LogP contribution in [0.4, 0.5) is 4.79 Å². The van der Waals surface area contributed by atoms with Gasteiger partial charge in [0.05, 0.1) is 30.4 Å². The fourth-order valence-electron chi connectivity index (χ4n) is 8.06. The molecule has 3 aliphatic heterocycles. The second kappa shape index (κ2) is 18.8. The lowest BCUT2D eigenvalue weighted by molar-refractivity contribution is -0.296. The summed E-state index contributed by atoms with van der Waals surface area (Å²) in [6, 6.07) is -1.00. The number of fused-ring (bicyclic) bond motifs is 1. The second-order valence-electron chi connectivity index (χ2n) is 15.9. The van der Waals surface area contributed by atoms with Gasteiger partial charge in [0, 0.05) is 37.7 Å². The van der Waals surface area contributed by atoms with Gasteiger partial charge in [-0.25, -0.2) is 4.79 Å². The lowest BCUT2D eigenvalue weighted by Gasteiger charge is -2.47. The van der Waals surface area contributed by atoms with Crippen LogP contribution in [0.3, 0.4) is 0 Å². The number of aliphatic hydroxyl groups is 1.